The van der Waals surface area contributed by atoms with Crippen molar-refractivity contribution < 1.29 is 4.79 Å². The van der Waals surface area contributed by atoms with Crippen LogP contribution in [0.3, 0.4) is 0 Å². The molecule has 6 nitrogen and oxygen atoms in total. The maximum absolute atomic E-state index is 11.7. The number of H-pyrrole nitrogens is 1. The lowest BCUT2D eigenvalue weighted by Crippen LogP contribution is -2.23. The summed E-state index contributed by atoms with van der Waals surface area (Å²) in [7, 11) is 3.17. The molecular formula is C11H11ClN4O2. The van der Waals surface area contributed by atoms with Gasteiger partial charge in [0.05, 0.1) is 5.69 Å². The number of nitrogens with zero attached hydrogens (tertiary/aromatic N) is 3. The number of aromatic nitrogens is 3. The Morgan fingerprint density at radius 3 is 2.50 bits per heavy atom. The van der Waals surface area contributed by atoms with E-state index in [1.165, 1.54) is 4.90 Å². The summed E-state index contributed by atoms with van der Waals surface area (Å²) in [6.45, 7) is 0. The van der Waals surface area contributed by atoms with Crippen LogP contribution in [0.5, 0.6) is 0 Å². The molecule has 94 valence electrons. The molecule has 2 aromatic rings. The highest BCUT2D eigenvalue weighted by Gasteiger charge is 2.15. The minimum atomic E-state index is -0.470. The number of halogens is 1. The molecule has 18 heavy (non-hydrogen) atoms. The number of amides is 1. The lowest BCUT2D eigenvalue weighted by molar-refractivity contribution is 0.0816. The van der Waals surface area contributed by atoms with Gasteiger partial charge < -0.3 is 4.90 Å². The molecule has 1 aromatic carbocycles. The number of benzene rings is 1. The molecule has 0 aliphatic rings. The summed E-state index contributed by atoms with van der Waals surface area (Å²) < 4.78 is 1.12. The summed E-state index contributed by atoms with van der Waals surface area (Å²) >= 11 is 5.76. The van der Waals surface area contributed by atoms with Crippen molar-refractivity contribution in [2.75, 3.05) is 14.1 Å². The van der Waals surface area contributed by atoms with Gasteiger partial charge in [0.15, 0.2) is 0 Å². The summed E-state index contributed by atoms with van der Waals surface area (Å²) in [4.78, 5) is 27.1. The van der Waals surface area contributed by atoms with E-state index in [1.807, 2.05) is 0 Å². The van der Waals surface area contributed by atoms with E-state index >= 15 is 0 Å². The van der Waals surface area contributed by atoms with Gasteiger partial charge in [0.25, 0.3) is 5.91 Å². The topological polar surface area (TPSA) is 71.0 Å². The molecule has 0 unspecified atom stereocenters. The first-order valence-corrected chi connectivity index (χ1v) is 5.54. The van der Waals surface area contributed by atoms with Crippen LogP contribution in [0.15, 0.2) is 29.1 Å². The second-order valence-electron chi connectivity index (χ2n) is 3.87. The van der Waals surface area contributed by atoms with Crippen LogP contribution >= 0.6 is 11.6 Å². The first-order valence-electron chi connectivity index (χ1n) is 5.16. The van der Waals surface area contributed by atoms with Crippen molar-refractivity contribution in [3.63, 3.8) is 0 Å². The Labute approximate surface area is 108 Å². The van der Waals surface area contributed by atoms with Gasteiger partial charge in [-0.15, -0.1) is 5.10 Å². The van der Waals surface area contributed by atoms with E-state index in [-0.39, 0.29) is 11.7 Å². The van der Waals surface area contributed by atoms with Crippen LogP contribution in [0.1, 0.15) is 10.6 Å². The van der Waals surface area contributed by atoms with Crippen LogP contribution in [0, 0.1) is 0 Å². The number of hydrogen-bond acceptors (Lipinski definition) is 3. The molecule has 0 atom stereocenters. The fourth-order valence-corrected chi connectivity index (χ4v) is 1.52. The van der Waals surface area contributed by atoms with Crippen molar-refractivity contribution in [3.05, 3.63) is 45.6 Å². The number of nitrogens with one attached hydrogen (secondary N) is 1. The molecule has 1 amide bonds. The maximum atomic E-state index is 11.7. The van der Waals surface area contributed by atoms with Crippen LogP contribution in [0.25, 0.3) is 5.69 Å². The summed E-state index contributed by atoms with van der Waals surface area (Å²) in [5.74, 6) is -0.361. The first-order chi connectivity index (χ1) is 8.49. The first kappa shape index (κ1) is 12.4. The average Bonchev–Trinajstić information content (AvgIpc) is 2.71. The molecule has 2 rings (SSSR count). The molecule has 0 saturated carbocycles. The Bertz CT molecular complexity index is 627. The Balaban J connectivity index is 2.44. The highest BCUT2D eigenvalue weighted by atomic mass is 35.5. The van der Waals surface area contributed by atoms with Gasteiger partial charge in [0.2, 0.25) is 5.82 Å². The zero-order valence-electron chi connectivity index (χ0n) is 9.85. The van der Waals surface area contributed by atoms with E-state index in [0.717, 1.165) is 4.68 Å². The predicted octanol–water partition coefficient (Wildman–Crippen LogP) is 0.916. The second-order valence-corrected chi connectivity index (χ2v) is 4.30. The molecule has 0 aliphatic carbocycles. The van der Waals surface area contributed by atoms with Crippen molar-refractivity contribution in [3.8, 4) is 5.69 Å². The van der Waals surface area contributed by atoms with Gasteiger partial charge in [0.1, 0.15) is 0 Å². The monoisotopic (exact) mass is 266 g/mol. The predicted molar refractivity (Wildman–Crippen MR) is 67.2 cm³/mol. The number of carbonyl (C=O) groups is 1. The van der Waals surface area contributed by atoms with E-state index in [4.69, 9.17) is 11.6 Å². The number of carbonyl (C=O) groups excluding carboxylic acids is 1. The highest BCUT2D eigenvalue weighted by Crippen LogP contribution is 2.11. The minimum absolute atomic E-state index is 0.0000463. The van der Waals surface area contributed by atoms with E-state index < -0.39 is 5.69 Å². The van der Waals surface area contributed by atoms with Crippen LogP contribution in [0.4, 0.5) is 0 Å². The largest absolute Gasteiger partial charge is 0.348 e. The van der Waals surface area contributed by atoms with Gasteiger partial charge in [-0.25, -0.2) is 4.79 Å². The van der Waals surface area contributed by atoms with Gasteiger partial charge in [-0.2, -0.15) is 4.68 Å². The molecular weight excluding hydrogens is 256 g/mol. The van der Waals surface area contributed by atoms with E-state index in [9.17, 15) is 9.59 Å². The van der Waals surface area contributed by atoms with Crippen LogP contribution in [-0.4, -0.2) is 39.7 Å². The Kier molecular flexibility index (Phi) is 3.20. The fraction of sp³-hybridized carbons (Fsp3) is 0.182. The third kappa shape index (κ3) is 2.28. The van der Waals surface area contributed by atoms with Gasteiger partial charge in [0, 0.05) is 19.1 Å². The summed E-state index contributed by atoms with van der Waals surface area (Å²) in [6, 6.07) is 6.58. The summed E-state index contributed by atoms with van der Waals surface area (Å²) in [5, 5.41) is 4.51. The van der Waals surface area contributed by atoms with E-state index in [1.54, 1.807) is 38.4 Å². The van der Waals surface area contributed by atoms with Crippen molar-refractivity contribution in [1.29, 1.82) is 0 Å². The zero-order valence-corrected chi connectivity index (χ0v) is 10.6. The zero-order chi connectivity index (χ0) is 13.3. The van der Waals surface area contributed by atoms with Gasteiger partial charge in [-0.1, -0.05) is 11.6 Å². The van der Waals surface area contributed by atoms with Gasteiger partial charge >= 0.3 is 5.69 Å². The maximum Gasteiger partial charge on any atom is 0.348 e. The number of hydrogen-bond donors (Lipinski definition) is 1. The van der Waals surface area contributed by atoms with Crippen molar-refractivity contribution in [2.24, 2.45) is 0 Å². The average molecular weight is 267 g/mol. The van der Waals surface area contributed by atoms with Crippen molar-refractivity contribution in [1.82, 2.24) is 19.7 Å². The molecule has 1 aromatic heterocycles. The normalized spacial score (nSPS) is 10.4. The number of aromatic amines is 1. The van der Waals surface area contributed by atoms with Crippen LogP contribution in [0.2, 0.25) is 5.02 Å². The van der Waals surface area contributed by atoms with Gasteiger partial charge in [-0.3, -0.25) is 9.78 Å². The molecule has 0 bridgehead atoms. The molecule has 0 fully saturated rings. The molecule has 7 heteroatoms. The third-order valence-corrected chi connectivity index (χ3v) is 2.55. The SMILES string of the molecule is CN(C)C(=O)c1nn(-c2ccc(Cl)cc2)c(=O)[nH]1. The Morgan fingerprint density at radius 1 is 1.33 bits per heavy atom. The molecule has 0 aliphatic heterocycles. The third-order valence-electron chi connectivity index (χ3n) is 2.30. The smallest absolute Gasteiger partial charge is 0.342 e. The molecule has 0 radical (unpaired) electrons. The minimum Gasteiger partial charge on any atom is -0.342 e. The lowest BCUT2D eigenvalue weighted by Gasteiger charge is -2.05. The number of rotatable bonds is 2. The lowest BCUT2D eigenvalue weighted by atomic mass is 10.3. The van der Waals surface area contributed by atoms with E-state index in [0.29, 0.717) is 10.7 Å². The van der Waals surface area contributed by atoms with E-state index in [2.05, 4.69) is 10.1 Å². The van der Waals surface area contributed by atoms with Gasteiger partial charge in [-0.05, 0) is 24.3 Å². The summed E-state index contributed by atoms with van der Waals surface area (Å²) in [6.07, 6.45) is 0. The van der Waals surface area contributed by atoms with Crippen molar-refractivity contribution in [2.45, 2.75) is 0 Å². The quantitative estimate of drug-likeness (QED) is 0.878. The Morgan fingerprint density at radius 2 is 1.94 bits per heavy atom. The molecule has 0 spiro atoms. The second kappa shape index (κ2) is 4.66. The molecule has 1 N–H and O–H groups in total. The standard InChI is InChI=1S/C11H11ClN4O2/c1-15(2)10(17)9-13-11(18)16(14-9)8-5-3-7(12)4-6-8/h3-6H,1-2H3,(H,13,14,18). The Hall–Kier alpha value is -2.08. The molecule has 1 heterocycles. The summed E-state index contributed by atoms with van der Waals surface area (Å²) in [5.41, 5.74) is 0.0704. The molecule has 0 saturated heterocycles. The fourth-order valence-electron chi connectivity index (χ4n) is 1.39. The van der Waals surface area contributed by atoms with Crippen molar-refractivity contribution >= 4 is 17.5 Å². The van der Waals surface area contributed by atoms with Crippen LogP contribution in [-0.2, 0) is 0 Å². The highest BCUT2D eigenvalue weighted by molar-refractivity contribution is 6.30. The van der Waals surface area contributed by atoms with Crippen LogP contribution < -0.4 is 5.69 Å².